The maximum atomic E-state index is 6.70. The molecule has 1 spiro atoms. The van der Waals surface area contributed by atoms with Gasteiger partial charge in [0.1, 0.15) is 22.7 Å². The van der Waals surface area contributed by atoms with Crippen LogP contribution < -0.4 is 4.74 Å². The standard InChI is InChI=1S/C46H27N3O2/c1-3-13-28(14-4-1)43-47-44(29-15-5-2-6-16-29)49-45(48-43)30-23-24-32-34-26-38-33(27-42(34)51-41(32)25-30)31-17-7-8-18-35(31)46(38)36-19-9-11-21-39(36)50-40-22-12-10-20-37(40)46/h1-27H. The van der Waals surface area contributed by atoms with Crippen molar-refractivity contribution in [3.63, 3.8) is 0 Å². The lowest BCUT2D eigenvalue weighted by Gasteiger charge is -2.39. The van der Waals surface area contributed by atoms with Crippen LogP contribution in [-0.2, 0) is 5.41 Å². The molecule has 9 aromatic rings. The van der Waals surface area contributed by atoms with Crippen LogP contribution in [0.4, 0.5) is 0 Å². The number of hydrogen-bond donors (Lipinski definition) is 0. The van der Waals surface area contributed by atoms with E-state index in [-0.39, 0.29) is 0 Å². The molecule has 0 unspecified atom stereocenters. The molecule has 3 heterocycles. The van der Waals surface area contributed by atoms with Gasteiger partial charge in [0.15, 0.2) is 17.5 Å². The monoisotopic (exact) mass is 653 g/mol. The van der Waals surface area contributed by atoms with Gasteiger partial charge in [-0.3, -0.25) is 0 Å². The van der Waals surface area contributed by atoms with E-state index in [1.165, 1.54) is 22.3 Å². The largest absolute Gasteiger partial charge is 0.457 e. The van der Waals surface area contributed by atoms with Gasteiger partial charge in [0.05, 0.1) is 5.41 Å². The molecule has 2 aromatic heterocycles. The minimum absolute atomic E-state index is 0.540. The highest BCUT2D eigenvalue weighted by atomic mass is 16.5. The number of aromatic nitrogens is 3. The van der Waals surface area contributed by atoms with Crippen LogP contribution in [0.3, 0.4) is 0 Å². The first-order valence-corrected chi connectivity index (χ1v) is 17.1. The molecule has 5 heteroatoms. The minimum Gasteiger partial charge on any atom is -0.457 e. The Hall–Kier alpha value is -6.85. The smallest absolute Gasteiger partial charge is 0.164 e. The van der Waals surface area contributed by atoms with Crippen molar-refractivity contribution in [2.24, 2.45) is 0 Å². The van der Waals surface area contributed by atoms with Crippen molar-refractivity contribution in [3.05, 3.63) is 186 Å². The lowest BCUT2D eigenvalue weighted by atomic mass is 9.66. The topological polar surface area (TPSA) is 61.0 Å². The summed E-state index contributed by atoms with van der Waals surface area (Å²) < 4.78 is 13.2. The van der Waals surface area contributed by atoms with Gasteiger partial charge in [-0.1, -0.05) is 127 Å². The molecule has 7 aromatic carbocycles. The van der Waals surface area contributed by atoms with Crippen molar-refractivity contribution in [2.45, 2.75) is 5.41 Å². The van der Waals surface area contributed by atoms with Crippen molar-refractivity contribution < 1.29 is 9.15 Å². The quantitative estimate of drug-likeness (QED) is 0.190. The lowest BCUT2D eigenvalue weighted by Crippen LogP contribution is -2.32. The second-order valence-corrected chi connectivity index (χ2v) is 13.1. The molecule has 11 rings (SSSR count). The summed E-state index contributed by atoms with van der Waals surface area (Å²) in [6, 6.07) is 56.6. The first-order valence-electron chi connectivity index (χ1n) is 17.1. The van der Waals surface area contributed by atoms with Crippen LogP contribution in [0.15, 0.2) is 168 Å². The summed E-state index contributed by atoms with van der Waals surface area (Å²) in [5.74, 6) is 3.60. The van der Waals surface area contributed by atoms with Gasteiger partial charge in [-0.15, -0.1) is 0 Å². The van der Waals surface area contributed by atoms with E-state index < -0.39 is 5.41 Å². The Balaban J connectivity index is 1.13. The summed E-state index contributed by atoms with van der Waals surface area (Å²) in [5, 5.41) is 2.10. The number of furan rings is 1. The van der Waals surface area contributed by atoms with Gasteiger partial charge in [-0.25, -0.2) is 15.0 Å². The summed E-state index contributed by atoms with van der Waals surface area (Å²) in [5.41, 5.74) is 10.9. The molecule has 0 bridgehead atoms. The Kier molecular flexibility index (Phi) is 5.81. The number of rotatable bonds is 3. The summed E-state index contributed by atoms with van der Waals surface area (Å²) in [4.78, 5) is 14.8. The van der Waals surface area contributed by atoms with E-state index in [1.54, 1.807) is 0 Å². The fraction of sp³-hybridized carbons (Fsp3) is 0.0217. The number of fused-ring (bicyclic) bond motifs is 12. The molecule has 0 N–H and O–H groups in total. The van der Waals surface area contributed by atoms with Gasteiger partial charge in [-0.2, -0.15) is 0 Å². The van der Waals surface area contributed by atoms with Crippen LogP contribution in [0.2, 0.25) is 0 Å². The zero-order valence-corrected chi connectivity index (χ0v) is 27.2. The minimum atomic E-state index is -0.540. The van der Waals surface area contributed by atoms with Gasteiger partial charge in [-0.05, 0) is 58.7 Å². The second-order valence-electron chi connectivity index (χ2n) is 13.1. The van der Waals surface area contributed by atoms with Gasteiger partial charge >= 0.3 is 0 Å². The number of nitrogens with zero attached hydrogens (tertiary/aromatic N) is 3. The molecule has 1 aliphatic carbocycles. The van der Waals surface area contributed by atoms with Gasteiger partial charge < -0.3 is 9.15 Å². The van der Waals surface area contributed by atoms with Crippen molar-refractivity contribution in [3.8, 4) is 56.8 Å². The molecule has 5 nitrogen and oxygen atoms in total. The SMILES string of the molecule is c1ccc(-c2nc(-c3ccccc3)nc(-c3ccc4c(c3)oc3cc5c(cc34)C3(c4ccccc4Oc4ccccc43)c3ccccc3-5)n2)cc1. The van der Waals surface area contributed by atoms with Crippen LogP contribution in [0.5, 0.6) is 11.5 Å². The number of ether oxygens (including phenoxy) is 1. The predicted molar refractivity (Wildman–Crippen MR) is 201 cm³/mol. The average Bonchev–Trinajstić information content (AvgIpc) is 3.70. The number of para-hydroxylation sites is 2. The third-order valence-electron chi connectivity index (χ3n) is 10.4. The predicted octanol–water partition coefficient (Wildman–Crippen LogP) is 11.2. The summed E-state index contributed by atoms with van der Waals surface area (Å²) >= 11 is 0. The molecule has 1 aliphatic heterocycles. The summed E-state index contributed by atoms with van der Waals surface area (Å²) in [6.45, 7) is 0. The number of benzene rings is 7. The molecular formula is C46H27N3O2. The second kappa shape index (κ2) is 10.6. The van der Waals surface area contributed by atoms with Gasteiger partial charge in [0.2, 0.25) is 0 Å². The molecule has 0 saturated carbocycles. The Labute approximate surface area is 293 Å². The first kappa shape index (κ1) is 28.0. The van der Waals surface area contributed by atoms with Crippen molar-refractivity contribution in [1.29, 1.82) is 0 Å². The van der Waals surface area contributed by atoms with E-state index in [1.807, 2.05) is 72.8 Å². The van der Waals surface area contributed by atoms with E-state index >= 15 is 0 Å². The Morgan fingerprint density at radius 2 is 0.902 bits per heavy atom. The average molecular weight is 654 g/mol. The van der Waals surface area contributed by atoms with E-state index in [2.05, 4.69) is 91.0 Å². The molecule has 51 heavy (non-hydrogen) atoms. The Morgan fingerprint density at radius 3 is 1.55 bits per heavy atom. The zero-order valence-electron chi connectivity index (χ0n) is 27.2. The third-order valence-corrected chi connectivity index (χ3v) is 10.4. The molecule has 2 aliphatic rings. The van der Waals surface area contributed by atoms with E-state index in [0.29, 0.717) is 17.5 Å². The summed E-state index contributed by atoms with van der Waals surface area (Å²) in [6.07, 6.45) is 0. The zero-order chi connectivity index (χ0) is 33.5. The fourth-order valence-corrected chi connectivity index (χ4v) is 8.20. The molecular weight excluding hydrogens is 627 g/mol. The van der Waals surface area contributed by atoms with Crippen LogP contribution in [0.1, 0.15) is 22.3 Å². The van der Waals surface area contributed by atoms with Crippen molar-refractivity contribution >= 4 is 21.9 Å². The summed E-state index contributed by atoms with van der Waals surface area (Å²) in [7, 11) is 0. The normalized spacial score (nSPS) is 13.4. The van der Waals surface area contributed by atoms with Gasteiger partial charge in [0.25, 0.3) is 0 Å². The van der Waals surface area contributed by atoms with Crippen LogP contribution in [0, 0.1) is 0 Å². The van der Waals surface area contributed by atoms with Crippen LogP contribution >= 0.6 is 0 Å². The maximum absolute atomic E-state index is 6.70. The highest BCUT2D eigenvalue weighted by Gasteiger charge is 2.51. The van der Waals surface area contributed by atoms with Crippen molar-refractivity contribution in [1.82, 2.24) is 15.0 Å². The molecule has 0 saturated heterocycles. The molecule has 0 fully saturated rings. The Morgan fingerprint density at radius 1 is 0.373 bits per heavy atom. The van der Waals surface area contributed by atoms with E-state index in [9.17, 15) is 0 Å². The first-order chi connectivity index (χ1) is 25.3. The molecule has 0 atom stereocenters. The van der Waals surface area contributed by atoms with Crippen LogP contribution in [-0.4, -0.2) is 15.0 Å². The van der Waals surface area contributed by atoms with Crippen molar-refractivity contribution in [2.75, 3.05) is 0 Å². The fourth-order valence-electron chi connectivity index (χ4n) is 8.20. The third kappa shape index (κ3) is 4.00. The van der Waals surface area contributed by atoms with E-state index in [0.717, 1.165) is 61.3 Å². The highest BCUT2D eigenvalue weighted by molar-refractivity contribution is 6.09. The highest BCUT2D eigenvalue weighted by Crippen LogP contribution is 2.62. The number of hydrogen-bond acceptors (Lipinski definition) is 5. The maximum Gasteiger partial charge on any atom is 0.164 e. The Bertz CT molecular complexity index is 2740. The van der Waals surface area contributed by atoms with Crippen LogP contribution in [0.25, 0.3) is 67.2 Å². The molecule has 0 amide bonds. The van der Waals surface area contributed by atoms with E-state index in [4.69, 9.17) is 24.1 Å². The molecule has 238 valence electrons. The lowest BCUT2D eigenvalue weighted by molar-refractivity contribution is 0.436. The van der Waals surface area contributed by atoms with Gasteiger partial charge in [0, 0.05) is 38.6 Å². The molecule has 0 radical (unpaired) electrons.